The number of aromatic nitrogens is 3. The van der Waals surface area contributed by atoms with Crippen LogP contribution in [-0.4, -0.2) is 45.9 Å². The molecule has 1 unspecified atom stereocenters. The zero-order valence-electron chi connectivity index (χ0n) is 16.4. The van der Waals surface area contributed by atoms with E-state index < -0.39 is 0 Å². The third-order valence-electron chi connectivity index (χ3n) is 5.42. The van der Waals surface area contributed by atoms with E-state index in [-0.39, 0.29) is 18.2 Å². The molecular formula is C21H23ClN4O3. The van der Waals surface area contributed by atoms with E-state index >= 15 is 0 Å². The van der Waals surface area contributed by atoms with E-state index in [1.54, 1.807) is 29.9 Å². The SMILES string of the molecule is COc1ccc(Cn2c(=O)ccc3c(C)nc(N4CCCC4CO)nc32)cc1Cl. The number of benzene rings is 1. The average Bonchev–Trinajstić information content (AvgIpc) is 3.19. The molecule has 0 spiro atoms. The monoisotopic (exact) mass is 414 g/mol. The lowest BCUT2D eigenvalue weighted by atomic mass is 10.2. The first-order valence-electron chi connectivity index (χ1n) is 9.60. The lowest BCUT2D eigenvalue weighted by molar-refractivity contribution is 0.265. The predicted molar refractivity (Wildman–Crippen MR) is 113 cm³/mol. The van der Waals surface area contributed by atoms with Gasteiger partial charge in [-0.3, -0.25) is 9.36 Å². The van der Waals surface area contributed by atoms with Crippen LogP contribution in [-0.2, 0) is 6.54 Å². The molecule has 0 aliphatic carbocycles. The van der Waals surface area contributed by atoms with Crippen LogP contribution in [0.4, 0.5) is 5.95 Å². The summed E-state index contributed by atoms with van der Waals surface area (Å²) in [7, 11) is 1.56. The molecule has 4 rings (SSSR count). The summed E-state index contributed by atoms with van der Waals surface area (Å²) in [6.45, 7) is 3.10. The summed E-state index contributed by atoms with van der Waals surface area (Å²) < 4.78 is 6.84. The summed E-state index contributed by atoms with van der Waals surface area (Å²) in [6.07, 6.45) is 1.89. The molecular weight excluding hydrogens is 392 g/mol. The maximum atomic E-state index is 12.7. The molecule has 3 aromatic rings. The molecule has 3 heterocycles. The van der Waals surface area contributed by atoms with Crippen molar-refractivity contribution in [3.05, 3.63) is 57.0 Å². The number of ether oxygens (including phenoxy) is 1. The van der Waals surface area contributed by atoms with Gasteiger partial charge in [-0.1, -0.05) is 17.7 Å². The summed E-state index contributed by atoms with van der Waals surface area (Å²) in [5.41, 5.74) is 2.11. The van der Waals surface area contributed by atoms with Crippen molar-refractivity contribution in [1.29, 1.82) is 0 Å². The van der Waals surface area contributed by atoms with Gasteiger partial charge in [0.05, 0.1) is 37.0 Å². The molecule has 29 heavy (non-hydrogen) atoms. The summed E-state index contributed by atoms with van der Waals surface area (Å²) in [6, 6.07) is 8.78. The van der Waals surface area contributed by atoms with Crippen molar-refractivity contribution in [1.82, 2.24) is 14.5 Å². The maximum absolute atomic E-state index is 12.7. The Hall–Kier alpha value is -2.64. The van der Waals surface area contributed by atoms with Crippen LogP contribution in [0.15, 0.2) is 35.1 Å². The normalized spacial score (nSPS) is 16.6. The van der Waals surface area contributed by atoms with Crippen molar-refractivity contribution < 1.29 is 9.84 Å². The van der Waals surface area contributed by atoms with Gasteiger partial charge in [0, 0.05) is 18.0 Å². The fraction of sp³-hybridized carbons (Fsp3) is 0.381. The smallest absolute Gasteiger partial charge is 0.252 e. The highest BCUT2D eigenvalue weighted by Gasteiger charge is 2.27. The number of nitrogens with zero attached hydrogens (tertiary/aromatic N) is 4. The molecule has 1 aliphatic heterocycles. The van der Waals surface area contributed by atoms with Gasteiger partial charge in [-0.05, 0) is 43.5 Å². The summed E-state index contributed by atoms with van der Waals surface area (Å²) >= 11 is 6.25. The molecule has 0 radical (unpaired) electrons. The first-order chi connectivity index (χ1) is 14.0. The molecule has 1 fully saturated rings. The zero-order chi connectivity index (χ0) is 20.5. The number of aliphatic hydroxyl groups excluding tert-OH is 1. The lowest BCUT2D eigenvalue weighted by Crippen LogP contribution is -2.34. The van der Waals surface area contributed by atoms with Crippen LogP contribution in [0.3, 0.4) is 0 Å². The van der Waals surface area contributed by atoms with E-state index in [0.717, 1.165) is 36.0 Å². The minimum Gasteiger partial charge on any atom is -0.495 e. The highest BCUT2D eigenvalue weighted by Crippen LogP contribution is 2.27. The van der Waals surface area contributed by atoms with Gasteiger partial charge in [-0.15, -0.1) is 0 Å². The van der Waals surface area contributed by atoms with E-state index in [1.165, 1.54) is 6.07 Å². The number of methoxy groups -OCH3 is 1. The number of fused-ring (bicyclic) bond motifs is 1. The van der Waals surface area contributed by atoms with E-state index in [2.05, 4.69) is 4.98 Å². The van der Waals surface area contributed by atoms with Crippen molar-refractivity contribution in [3.8, 4) is 5.75 Å². The van der Waals surface area contributed by atoms with Crippen LogP contribution in [0, 0.1) is 6.92 Å². The molecule has 2 aromatic heterocycles. The second kappa shape index (κ2) is 8.00. The molecule has 1 N–H and O–H groups in total. The fourth-order valence-electron chi connectivity index (χ4n) is 3.86. The third kappa shape index (κ3) is 3.68. The topological polar surface area (TPSA) is 80.5 Å². The Labute approximate surface area is 173 Å². The fourth-order valence-corrected chi connectivity index (χ4v) is 4.14. The molecule has 1 aliphatic rings. The molecule has 8 heteroatoms. The number of hydrogen-bond acceptors (Lipinski definition) is 6. The van der Waals surface area contributed by atoms with Crippen LogP contribution >= 0.6 is 11.6 Å². The van der Waals surface area contributed by atoms with Gasteiger partial charge >= 0.3 is 0 Å². The Morgan fingerprint density at radius 3 is 2.83 bits per heavy atom. The number of rotatable bonds is 5. The lowest BCUT2D eigenvalue weighted by Gasteiger charge is -2.24. The molecule has 7 nitrogen and oxygen atoms in total. The number of aryl methyl sites for hydroxylation is 1. The van der Waals surface area contributed by atoms with Gasteiger partial charge in [0.1, 0.15) is 11.4 Å². The average molecular weight is 415 g/mol. The highest BCUT2D eigenvalue weighted by molar-refractivity contribution is 6.32. The second-order valence-corrected chi connectivity index (χ2v) is 7.65. The van der Waals surface area contributed by atoms with Crippen molar-refractivity contribution in [2.24, 2.45) is 0 Å². The van der Waals surface area contributed by atoms with Crippen LogP contribution in [0.25, 0.3) is 11.0 Å². The van der Waals surface area contributed by atoms with Crippen molar-refractivity contribution in [2.75, 3.05) is 25.2 Å². The minimum absolute atomic E-state index is 0.0103. The van der Waals surface area contributed by atoms with Crippen LogP contribution in [0.5, 0.6) is 5.75 Å². The van der Waals surface area contributed by atoms with Crippen molar-refractivity contribution in [3.63, 3.8) is 0 Å². The quantitative estimate of drug-likeness (QED) is 0.691. The van der Waals surface area contributed by atoms with E-state index in [4.69, 9.17) is 21.3 Å². The Morgan fingerprint density at radius 1 is 1.28 bits per heavy atom. The molecule has 0 bridgehead atoms. The Balaban J connectivity index is 1.82. The van der Waals surface area contributed by atoms with E-state index in [1.807, 2.05) is 17.9 Å². The summed E-state index contributed by atoms with van der Waals surface area (Å²) in [5, 5.41) is 11.0. The van der Waals surface area contributed by atoms with Crippen LogP contribution in [0.1, 0.15) is 24.1 Å². The molecule has 0 saturated carbocycles. The predicted octanol–water partition coefficient (Wildman–Crippen LogP) is 2.77. The van der Waals surface area contributed by atoms with Gasteiger partial charge in [0.2, 0.25) is 5.95 Å². The van der Waals surface area contributed by atoms with Crippen LogP contribution in [0.2, 0.25) is 5.02 Å². The number of hydrogen-bond donors (Lipinski definition) is 1. The number of halogens is 1. The summed E-state index contributed by atoms with van der Waals surface area (Å²) in [4.78, 5) is 24.1. The highest BCUT2D eigenvalue weighted by atomic mass is 35.5. The third-order valence-corrected chi connectivity index (χ3v) is 5.72. The van der Waals surface area contributed by atoms with Crippen molar-refractivity contribution >= 4 is 28.6 Å². The second-order valence-electron chi connectivity index (χ2n) is 7.24. The number of pyridine rings is 1. The molecule has 1 atom stereocenters. The molecule has 152 valence electrons. The van der Waals surface area contributed by atoms with Crippen LogP contribution < -0.4 is 15.2 Å². The first-order valence-corrected chi connectivity index (χ1v) is 9.97. The maximum Gasteiger partial charge on any atom is 0.252 e. The largest absolute Gasteiger partial charge is 0.495 e. The van der Waals surface area contributed by atoms with Gasteiger partial charge < -0.3 is 14.7 Å². The molecule has 0 amide bonds. The summed E-state index contributed by atoms with van der Waals surface area (Å²) in [5.74, 6) is 1.14. The minimum atomic E-state index is -0.145. The number of anilines is 1. The Bertz CT molecular complexity index is 1120. The molecule has 1 saturated heterocycles. The zero-order valence-corrected chi connectivity index (χ0v) is 17.2. The Kier molecular flexibility index (Phi) is 5.43. The van der Waals surface area contributed by atoms with Gasteiger partial charge in [0.25, 0.3) is 5.56 Å². The van der Waals surface area contributed by atoms with Crippen molar-refractivity contribution in [2.45, 2.75) is 32.4 Å². The number of aliphatic hydroxyl groups is 1. The van der Waals surface area contributed by atoms with Gasteiger partial charge in [-0.2, -0.15) is 4.98 Å². The van der Waals surface area contributed by atoms with E-state index in [0.29, 0.717) is 28.9 Å². The Morgan fingerprint density at radius 2 is 2.10 bits per heavy atom. The van der Waals surface area contributed by atoms with Gasteiger partial charge in [0.15, 0.2) is 0 Å². The standard InChI is InChI=1S/C21H23ClN4O3/c1-13-16-6-8-19(28)26(11-14-5-7-18(29-2)17(22)10-14)20(16)24-21(23-13)25-9-3-4-15(25)12-27/h5-8,10,15,27H,3-4,9,11-12H2,1-2H3. The molecule has 1 aromatic carbocycles. The first kappa shape index (κ1) is 19.7. The van der Waals surface area contributed by atoms with Gasteiger partial charge in [-0.25, -0.2) is 4.98 Å². The van der Waals surface area contributed by atoms with E-state index in [9.17, 15) is 9.90 Å².